The summed E-state index contributed by atoms with van der Waals surface area (Å²) in [6.45, 7) is 4.55. The quantitative estimate of drug-likeness (QED) is 0.0648. The molecule has 0 radical (unpaired) electrons. The predicted octanol–water partition coefficient (Wildman–Crippen LogP) is 10.2. The van der Waals surface area contributed by atoms with E-state index in [4.69, 9.17) is 5.73 Å². The maximum Gasteiger partial charge on any atom is 0.0897 e. The molecule has 3 nitrogen and oxygen atoms in total. The Labute approximate surface area is 233 Å². The van der Waals surface area contributed by atoms with Crippen molar-refractivity contribution >= 4 is 0 Å². The van der Waals surface area contributed by atoms with Crippen LogP contribution in [0.5, 0.6) is 0 Å². The van der Waals surface area contributed by atoms with Crippen LogP contribution in [-0.4, -0.2) is 28.5 Å². The Morgan fingerprint density at radius 2 is 0.811 bits per heavy atom. The van der Waals surface area contributed by atoms with Gasteiger partial charge in [0.15, 0.2) is 0 Å². The number of hydrogen-bond acceptors (Lipinski definition) is 3. The number of rotatable bonds is 30. The minimum atomic E-state index is -0.741. The lowest BCUT2D eigenvalue weighted by Gasteiger charge is -2.22. The highest BCUT2D eigenvalue weighted by molar-refractivity contribution is 4.96. The lowest BCUT2D eigenvalue weighted by atomic mass is 9.98. The number of allylic oxidation sites excluding steroid dienone is 1. The first-order valence-electron chi connectivity index (χ1n) is 16.9. The Morgan fingerprint density at radius 1 is 0.486 bits per heavy atom. The molecular formula is C34H69NO2. The summed E-state index contributed by atoms with van der Waals surface area (Å²) in [5, 5.41) is 20.7. The summed E-state index contributed by atoms with van der Waals surface area (Å²) >= 11 is 0. The molecule has 1 unspecified atom stereocenters. The highest BCUT2D eigenvalue weighted by Crippen LogP contribution is 2.15. The molecule has 0 fully saturated rings. The summed E-state index contributed by atoms with van der Waals surface area (Å²) in [5.41, 5.74) is 6.11. The van der Waals surface area contributed by atoms with Crippen LogP contribution >= 0.6 is 0 Å². The van der Waals surface area contributed by atoms with Crippen LogP contribution in [0.25, 0.3) is 0 Å². The van der Waals surface area contributed by atoms with Crippen molar-refractivity contribution in [3.8, 4) is 0 Å². The van der Waals surface area contributed by atoms with Gasteiger partial charge in [0.25, 0.3) is 0 Å². The van der Waals surface area contributed by atoms with E-state index in [0.717, 1.165) is 19.3 Å². The molecule has 0 saturated carbocycles. The lowest BCUT2D eigenvalue weighted by Crippen LogP contribution is -2.43. The van der Waals surface area contributed by atoms with Crippen LogP contribution < -0.4 is 5.73 Å². The second-order valence-corrected chi connectivity index (χ2v) is 11.8. The molecular weight excluding hydrogens is 454 g/mol. The molecule has 0 saturated heterocycles. The summed E-state index contributed by atoms with van der Waals surface area (Å²) in [4.78, 5) is 0. The van der Waals surface area contributed by atoms with Crippen LogP contribution in [0.1, 0.15) is 187 Å². The van der Waals surface area contributed by atoms with Crippen molar-refractivity contribution < 1.29 is 10.2 Å². The van der Waals surface area contributed by atoms with Gasteiger partial charge in [0.1, 0.15) is 0 Å². The van der Waals surface area contributed by atoms with Crippen LogP contribution in [0, 0.1) is 0 Å². The summed E-state index contributed by atoms with van der Waals surface area (Å²) in [6, 6.07) is -0.574. The van der Waals surface area contributed by atoms with E-state index in [1.807, 2.05) is 0 Å². The smallest absolute Gasteiger partial charge is 0.0897 e. The van der Waals surface area contributed by atoms with Gasteiger partial charge in [-0.3, -0.25) is 0 Å². The lowest BCUT2D eigenvalue weighted by molar-refractivity contribution is 0.0710. The van der Waals surface area contributed by atoms with Gasteiger partial charge in [-0.15, -0.1) is 0 Å². The van der Waals surface area contributed by atoms with E-state index in [1.165, 1.54) is 148 Å². The summed E-state index contributed by atoms with van der Waals surface area (Å²) in [7, 11) is 0. The van der Waals surface area contributed by atoms with Gasteiger partial charge < -0.3 is 15.9 Å². The Hall–Kier alpha value is -0.380. The maximum atomic E-state index is 10.4. The van der Waals surface area contributed by atoms with Crippen molar-refractivity contribution in [3.63, 3.8) is 0 Å². The van der Waals surface area contributed by atoms with Gasteiger partial charge in [-0.1, -0.05) is 180 Å². The fraction of sp³-hybridized carbons (Fsp3) is 0.941. The maximum absolute atomic E-state index is 10.4. The number of nitrogens with two attached hydrogens (primary N) is 1. The predicted molar refractivity (Wildman–Crippen MR) is 165 cm³/mol. The Morgan fingerprint density at radius 3 is 1.19 bits per heavy atom. The summed E-state index contributed by atoms with van der Waals surface area (Å²) in [6.07, 6.45) is 37.7. The number of unbranched alkanes of at least 4 members (excludes halogenated alkanes) is 24. The average molecular weight is 524 g/mol. The number of aliphatic hydroxyl groups is 2. The highest BCUT2D eigenvalue weighted by Gasteiger charge is 2.20. The van der Waals surface area contributed by atoms with Crippen molar-refractivity contribution in [2.75, 3.05) is 0 Å². The van der Waals surface area contributed by atoms with Crippen LogP contribution in [0.2, 0.25) is 0 Å². The van der Waals surface area contributed by atoms with E-state index in [-0.39, 0.29) is 0 Å². The third kappa shape index (κ3) is 27.0. The van der Waals surface area contributed by atoms with Gasteiger partial charge in [-0.05, 0) is 19.3 Å². The molecule has 3 atom stereocenters. The third-order valence-electron chi connectivity index (χ3n) is 8.00. The van der Waals surface area contributed by atoms with Crippen molar-refractivity contribution in [3.05, 3.63) is 12.2 Å². The second-order valence-electron chi connectivity index (χ2n) is 11.8. The molecule has 3 heteroatoms. The summed E-state index contributed by atoms with van der Waals surface area (Å²) in [5.74, 6) is 0. The molecule has 0 aliphatic carbocycles. The van der Waals surface area contributed by atoms with E-state index in [2.05, 4.69) is 19.9 Å². The van der Waals surface area contributed by atoms with Gasteiger partial charge in [0.05, 0.1) is 18.2 Å². The zero-order valence-corrected chi connectivity index (χ0v) is 25.5. The zero-order valence-electron chi connectivity index (χ0n) is 25.5. The molecule has 0 aliphatic heterocycles. The fourth-order valence-corrected chi connectivity index (χ4v) is 5.26. The van der Waals surface area contributed by atoms with Crippen molar-refractivity contribution in [1.29, 1.82) is 0 Å². The van der Waals surface area contributed by atoms with E-state index in [0.29, 0.717) is 6.42 Å². The number of aliphatic hydroxyl groups excluding tert-OH is 2. The Balaban J connectivity index is 3.50. The molecule has 0 aliphatic rings. The molecule has 37 heavy (non-hydrogen) atoms. The molecule has 0 aromatic heterocycles. The van der Waals surface area contributed by atoms with Crippen molar-refractivity contribution in [2.24, 2.45) is 5.73 Å². The van der Waals surface area contributed by atoms with Crippen molar-refractivity contribution in [2.45, 2.75) is 205 Å². The molecule has 0 amide bonds. The van der Waals surface area contributed by atoms with Crippen LogP contribution in [0.4, 0.5) is 0 Å². The van der Waals surface area contributed by atoms with E-state index in [1.54, 1.807) is 6.08 Å². The molecule has 0 aromatic rings. The second kappa shape index (κ2) is 30.2. The first-order chi connectivity index (χ1) is 18.1. The first kappa shape index (κ1) is 36.6. The van der Waals surface area contributed by atoms with E-state index in [9.17, 15) is 10.2 Å². The minimum absolute atomic E-state index is 0.574. The Kier molecular flexibility index (Phi) is 29.9. The molecule has 0 rings (SSSR count). The van der Waals surface area contributed by atoms with Gasteiger partial charge >= 0.3 is 0 Å². The van der Waals surface area contributed by atoms with E-state index < -0.39 is 18.2 Å². The SMILES string of the molecule is CCCCCCCCCCCCC/C=C/[C@@H](O)[C@@H](N)C(O)CCCCCCCCCCCCCCCC. The average Bonchev–Trinajstić information content (AvgIpc) is 2.90. The summed E-state index contributed by atoms with van der Waals surface area (Å²) < 4.78 is 0. The normalized spacial score (nSPS) is 14.4. The minimum Gasteiger partial charge on any atom is -0.391 e. The van der Waals surface area contributed by atoms with Gasteiger partial charge in [0, 0.05) is 0 Å². The fourth-order valence-electron chi connectivity index (χ4n) is 5.26. The molecule has 0 heterocycles. The monoisotopic (exact) mass is 524 g/mol. The molecule has 4 N–H and O–H groups in total. The molecule has 0 bridgehead atoms. The highest BCUT2D eigenvalue weighted by atomic mass is 16.3. The largest absolute Gasteiger partial charge is 0.391 e. The van der Waals surface area contributed by atoms with Gasteiger partial charge in [-0.25, -0.2) is 0 Å². The van der Waals surface area contributed by atoms with E-state index >= 15 is 0 Å². The third-order valence-corrected chi connectivity index (χ3v) is 8.00. The zero-order chi connectivity index (χ0) is 27.2. The Bertz CT molecular complexity index is 453. The molecule has 222 valence electrons. The number of hydrogen-bond donors (Lipinski definition) is 3. The van der Waals surface area contributed by atoms with Gasteiger partial charge in [0.2, 0.25) is 0 Å². The van der Waals surface area contributed by atoms with Crippen LogP contribution in [0.3, 0.4) is 0 Å². The van der Waals surface area contributed by atoms with Crippen molar-refractivity contribution in [1.82, 2.24) is 0 Å². The topological polar surface area (TPSA) is 66.5 Å². The molecule has 0 aromatic carbocycles. The molecule has 0 spiro atoms. The van der Waals surface area contributed by atoms with Gasteiger partial charge in [-0.2, -0.15) is 0 Å². The van der Waals surface area contributed by atoms with Crippen LogP contribution in [0.15, 0.2) is 12.2 Å². The standard InChI is InChI=1S/C34H69NO2/c1-3-5-7-9-11-13-15-17-19-21-23-25-27-29-31-33(37)34(35)32(36)30-28-26-24-22-20-18-16-14-12-10-8-6-4-2/h28,30,32-34,36-37H,3-27,29,31,35H2,1-2H3/b30-28+/t32-,33?,34-/m1/s1. The van der Waals surface area contributed by atoms with Crippen LogP contribution in [-0.2, 0) is 0 Å². The first-order valence-corrected chi connectivity index (χ1v) is 16.9.